The lowest BCUT2D eigenvalue weighted by Gasteiger charge is -2.18. The Kier molecular flexibility index (Phi) is 5.69. The quantitative estimate of drug-likeness (QED) is 0.554. The predicted molar refractivity (Wildman–Crippen MR) is 94.7 cm³/mol. The highest BCUT2D eigenvalue weighted by Gasteiger charge is 2.47. The summed E-state index contributed by atoms with van der Waals surface area (Å²) in [7, 11) is 0. The maximum absolute atomic E-state index is 13.1. The Hall–Kier alpha value is -2.80. The minimum Gasteiger partial charge on any atom is -0.350 e. The van der Waals surface area contributed by atoms with Crippen LogP contribution in [0.2, 0.25) is 5.02 Å². The van der Waals surface area contributed by atoms with Crippen molar-refractivity contribution in [2.45, 2.75) is 30.6 Å². The van der Waals surface area contributed by atoms with Crippen molar-refractivity contribution in [3.05, 3.63) is 58.1 Å². The van der Waals surface area contributed by atoms with Gasteiger partial charge in [0, 0.05) is 35.8 Å². The molecule has 30 heavy (non-hydrogen) atoms. The summed E-state index contributed by atoms with van der Waals surface area (Å²) >= 11 is 6.14. The average molecular weight is 448 g/mol. The minimum absolute atomic E-state index is 0.0378. The van der Waals surface area contributed by atoms with Crippen molar-refractivity contribution in [2.75, 3.05) is 6.54 Å². The molecule has 1 fully saturated rings. The standard InChI is InChI=1S/C19H12ClF6N3O/c20-13-8-11(3-4-18(21,22)23)9-28-15(13)17(5-6-17)10-29-16(30)14-12(19(24,25)26)2-1-7-27-14/h1-2,7-9H,5-6,10H2,(H,29,30). The first kappa shape index (κ1) is 21.9. The normalized spacial score (nSPS) is 15.2. The lowest BCUT2D eigenvalue weighted by Crippen LogP contribution is -2.34. The van der Waals surface area contributed by atoms with Crippen LogP contribution < -0.4 is 5.32 Å². The van der Waals surface area contributed by atoms with Gasteiger partial charge in [-0.25, -0.2) is 0 Å². The van der Waals surface area contributed by atoms with Gasteiger partial charge in [-0.05, 0) is 31.0 Å². The average Bonchev–Trinajstić information content (AvgIpc) is 3.44. The molecule has 0 saturated heterocycles. The molecule has 0 aliphatic heterocycles. The molecule has 1 aliphatic rings. The molecule has 0 unspecified atom stereocenters. The summed E-state index contributed by atoms with van der Waals surface area (Å²) in [6.07, 6.45) is -6.10. The third-order valence-corrected chi connectivity index (χ3v) is 4.75. The van der Waals surface area contributed by atoms with Crippen molar-refractivity contribution < 1.29 is 31.1 Å². The van der Waals surface area contributed by atoms with E-state index in [0.29, 0.717) is 18.5 Å². The molecule has 3 rings (SSSR count). The number of hydrogen-bond donors (Lipinski definition) is 1. The fourth-order valence-corrected chi connectivity index (χ4v) is 3.20. The molecule has 4 nitrogen and oxygen atoms in total. The number of carbonyl (C=O) groups excluding carboxylic acids is 1. The van der Waals surface area contributed by atoms with Gasteiger partial charge in [0.25, 0.3) is 5.91 Å². The largest absolute Gasteiger partial charge is 0.458 e. The van der Waals surface area contributed by atoms with Crippen LogP contribution in [0, 0.1) is 11.8 Å². The van der Waals surface area contributed by atoms with Crippen molar-refractivity contribution >= 4 is 17.5 Å². The smallest absolute Gasteiger partial charge is 0.350 e. The maximum atomic E-state index is 13.1. The van der Waals surface area contributed by atoms with E-state index >= 15 is 0 Å². The van der Waals surface area contributed by atoms with Crippen LogP contribution in [-0.4, -0.2) is 28.6 Å². The number of hydrogen-bond acceptors (Lipinski definition) is 3. The van der Waals surface area contributed by atoms with Crippen molar-refractivity contribution in [1.82, 2.24) is 15.3 Å². The fourth-order valence-electron chi connectivity index (χ4n) is 2.84. The Bertz CT molecular complexity index is 1040. The van der Waals surface area contributed by atoms with Crippen LogP contribution in [0.15, 0.2) is 30.6 Å². The first-order chi connectivity index (χ1) is 13.9. The fraction of sp³-hybridized carbons (Fsp3) is 0.316. The second-order valence-electron chi connectivity index (χ2n) is 6.66. The van der Waals surface area contributed by atoms with Crippen molar-refractivity contribution in [1.29, 1.82) is 0 Å². The van der Waals surface area contributed by atoms with Crippen LogP contribution in [-0.2, 0) is 11.6 Å². The van der Waals surface area contributed by atoms with Crippen molar-refractivity contribution in [3.63, 3.8) is 0 Å². The van der Waals surface area contributed by atoms with E-state index in [1.54, 1.807) is 0 Å². The molecule has 1 amide bonds. The molecule has 2 aromatic rings. The zero-order valence-corrected chi connectivity index (χ0v) is 15.7. The number of amides is 1. The zero-order chi connectivity index (χ0) is 22.2. The number of rotatable bonds is 4. The number of carbonyl (C=O) groups is 1. The summed E-state index contributed by atoms with van der Waals surface area (Å²) in [6, 6.07) is 3.06. The molecule has 0 aromatic carbocycles. The summed E-state index contributed by atoms with van der Waals surface area (Å²) in [5.74, 6) is 2.02. The summed E-state index contributed by atoms with van der Waals surface area (Å²) in [5.41, 5.74) is -2.33. The summed E-state index contributed by atoms with van der Waals surface area (Å²) in [5, 5.41) is 2.48. The lowest BCUT2D eigenvalue weighted by molar-refractivity contribution is -0.138. The van der Waals surface area contributed by atoms with E-state index in [2.05, 4.69) is 15.3 Å². The van der Waals surface area contributed by atoms with Crippen LogP contribution in [0.25, 0.3) is 0 Å². The van der Waals surface area contributed by atoms with E-state index in [1.807, 2.05) is 5.92 Å². The van der Waals surface area contributed by atoms with E-state index in [0.717, 1.165) is 30.4 Å². The topological polar surface area (TPSA) is 54.9 Å². The summed E-state index contributed by atoms with van der Waals surface area (Å²) in [6.45, 7) is -0.0556. The van der Waals surface area contributed by atoms with Crippen LogP contribution in [0.1, 0.15) is 40.2 Å². The number of alkyl halides is 6. The molecule has 2 heterocycles. The van der Waals surface area contributed by atoms with Gasteiger partial charge in [-0.3, -0.25) is 14.8 Å². The summed E-state index contributed by atoms with van der Waals surface area (Å²) in [4.78, 5) is 19.9. The molecular formula is C19H12ClF6N3O. The van der Waals surface area contributed by atoms with Gasteiger partial charge in [0.05, 0.1) is 16.3 Å². The van der Waals surface area contributed by atoms with Gasteiger partial charge in [0.15, 0.2) is 0 Å². The van der Waals surface area contributed by atoms with Gasteiger partial charge in [0.2, 0.25) is 0 Å². The van der Waals surface area contributed by atoms with Crippen molar-refractivity contribution in [2.24, 2.45) is 0 Å². The van der Waals surface area contributed by atoms with Gasteiger partial charge in [0.1, 0.15) is 5.69 Å². The molecule has 1 saturated carbocycles. The molecule has 0 spiro atoms. The van der Waals surface area contributed by atoms with Crippen LogP contribution >= 0.6 is 11.6 Å². The van der Waals surface area contributed by atoms with Gasteiger partial charge >= 0.3 is 12.4 Å². The van der Waals surface area contributed by atoms with E-state index in [9.17, 15) is 31.1 Å². The second kappa shape index (κ2) is 7.80. The van der Waals surface area contributed by atoms with E-state index in [1.165, 1.54) is 6.07 Å². The molecular weight excluding hydrogens is 436 g/mol. The minimum atomic E-state index is -4.74. The SMILES string of the molecule is O=C(NCC1(c2ncc(C#CC(F)(F)F)cc2Cl)CC1)c1ncccc1C(F)(F)F. The highest BCUT2D eigenvalue weighted by Crippen LogP contribution is 2.49. The maximum Gasteiger partial charge on any atom is 0.458 e. The predicted octanol–water partition coefficient (Wildman–Crippen LogP) is 4.52. The molecule has 11 heteroatoms. The number of nitrogens with one attached hydrogen (secondary N) is 1. The molecule has 0 bridgehead atoms. The third-order valence-electron chi connectivity index (χ3n) is 4.46. The molecule has 0 radical (unpaired) electrons. The highest BCUT2D eigenvalue weighted by atomic mass is 35.5. The highest BCUT2D eigenvalue weighted by molar-refractivity contribution is 6.31. The zero-order valence-electron chi connectivity index (χ0n) is 15.0. The lowest BCUT2D eigenvalue weighted by atomic mass is 10.0. The van der Waals surface area contributed by atoms with Gasteiger partial charge in [-0.2, -0.15) is 26.3 Å². The molecule has 2 aromatic heterocycles. The van der Waals surface area contributed by atoms with E-state index < -0.39 is 34.9 Å². The van der Waals surface area contributed by atoms with Gasteiger partial charge in [-0.1, -0.05) is 17.5 Å². The second-order valence-corrected chi connectivity index (χ2v) is 7.07. The van der Waals surface area contributed by atoms with E-state index in [4.69, 9.17) is 11.6 Å². The van der Waals surface area contributed by atoms with Gasteiger partial charge in [-0.15, -0.1) is 0 Å². The molecule has 0 atom stereocenters. The van der Waals surface area contributed by atoms with E-state index in [-0.39, 0.29) is 17.1 Å². The number of nitrogens with zero attached hydrogens (tertiary/aromatic N) is 2. The third kappa shape index (κ3) is 5.02. The molecule has 158 valence electrons. The van der Waals surface area contributed by atoms with Crippen LogP contribution in [0.5, 0.6) is 0 Å². The Morgan fingerprint density at radius 2 is 1.90 bits per heavy atom. The monoisotopic (exact) mass is 447 g/mol. The Morgan fingerprint density at radius 1 is 1.20 bits per heavy atom. The Balaban J connectivity index is 1.76. The first-order valence-corrected chi connectivity index (χ1v) is 8.85. The van der Waals surface area contributed by atoms with Crippen LogP contribution in [0.4, 0.5) is 26.3 Å². The Labute approximate surface area is 171 Å². The number of halogens is 7. The molecule has 1 N–H and O–H groups in total. The van der Waals surface area contributed by atoms with Crippen molar-refractivity contribution in [3.8, 4) is 11.8 Å². The van der Waals surface area contributed by atoms with Gasteiger partial charge < -0.3 is 5.32 Å². The Morgan fingerprint density at radius 3 is 2.47 bits per heavy atom. The summed E-state index contributed by atoms with van der Waals surface area (Å²) < 4.78 is 75.8. The number of aromatic nitrogens is 2. The molecule has 1 aliphatic carbocycles. The first-order valence-electron chi connectivity index (χ1n) is 8.48. The number of pyridine rings is 2. The van der Waals surface area contributed by atoms with Crippen LogP contribution in [0.3, 0.4) is 0 Å².